The van der Waals surface area contributed by atoms with Crippen molar-refractivity contribution in [2.75, 3.05) is 6.26 Å². The second-order valence-electron chi connectivity index (χ2n) is 2.92. The molecule has 0 aliphatic rings. The van der Waals surface area contributed by atoms with Crippen LogP contribution in [0.4, 0.5) is 0 Å². The number of thiazole rings is 1. The lowest BCUT2D eigenvalue weighted by molar-refractivity contribution is 0.586. The third-order valence-corrected chi connectivity index (χ3v) is 3.35. The predicted molar refractivity (Wildman–Crippen MR) is 54.8 cm³/mol. The fraction of sp³-hybridized carbons (Fsp3) is 0.286. The highest BCUT2D eigenvalue weighted by atomic mass is 32.2. The molecule has 0 fully saturated rings. The number of aromatic nitrogens is 2. The SMILES string of the molecule is CS(=O)(=O)NCc1csc2cncn12. The maximum atomic E-state index is 10.9. The van der Waals surface area contributed by atoms with E-state index in [9.17, 15) is 8.42 Å². The normalized spacial score (nSPS) is 12.4. The Morgan fingerprint density at radius 3 is 3.14 bits per heavy atom. The van der Waals surface area contributed by atoms with Gasteiger partial charge in [0.2, 0.25) is 10.0 Å². The van der Waals surface area contributed by atoms with Crippen molar-refractivity contribution in [1.29, 1.82) is 0 Å². The molecule has 2 aromatic rings. The van der Waals surface area contributed by atoms with E-state index in [0.29, 0.717) is 6.54 Å². The second kappa shape index (κ2) is 3.34. The van der Waals surface area contributed by atoms with Crippen LogP contribution in [-0.4, -0.2) is 24.1 Å². The first-order chi connectivity index (χ1) is 6.56. The molecule has 0 amide bonds. The second-order valence-corrected chi connectivity index (χ2v) is 5.64. The van der Waals surface area contributed by atoms with E-state index in [-0.39, 0.29) is 0 Å². The average Bonchev–Trinajstić information content (AvgIpc) is 2.59. The van der Waals surface area contributed by atoms with E-state index in [0.717, 1.165) is 16.8 Å². The summed E-state index contributed by atoms with van der Waals surface area (Å²) in [5.41, 5.74) is 0.896. The monoisotopic (exact) mass is 231 g/mol. The van der Waals surface area contributed by atoms with Crippen molar-refractivity contribution >= 4 is 26.2 Å². The summed E-state index contributed by atoms with van der Waals surface area (Å²) in [6.07, 6.45) is 4.56. The number of rotatable bonds is 3. The van der Waals surface area contributed by atoms with Crippen LogP contribution in [0.3, 0.4) is 0 Å². The van der Waals surface area contributed by atoms with Crippen LogP contribution in [0.5, 0.6) is 0 Å². The quantitative estimate of drug-likeness (QED) is 0.834. The van der Waals surface area contributed by atoms with Crippen molar-refractivity contribution in [3.05, 3.63) is 23.6 Å². The largest absolute Gasteiger partial charge is 0.293 e. The van der Waals surface area contributed by atoms with Gasteiger partial charge in [0.25, 0.3) is 0 Å². The number of imidazole rings is 1. The molecule has 7 heteroatoms. The van der Waals surface area contributed by atoms with Gasteiger partial charge in [0.05, 0.1) is 19.0 Å². The molecular weight excluding hydrogens is 222 g/mol. The average molecular weight is 231 g/mol. The first kappa shape index (κ1) is 9.63. The van der Waals surface area contributed by atoms with Gasteiger partial charge in [0, 0.05) is 11.1 Å². The Morgan fingerprint density at radius 1 is 1.64 bits per heavy atom. The highest BCUT2D eigenvalue weighted by molar-refractivity contribution is 7.88. The Kier molecular flexibility index (Phi) is 2.30. The highest BCUT2D eigenvalue weighted by Gasteiger charge is 2.05. The van der Waals surface area contributed by atoms with Crippen LogP contribution in [0.1, 0.15) is 5.69 Å². The fourth-order valence-corrected chi connectivity index (χ4v) is 2.37. The van der Waals surface area contributed by atoms with Gasteiger partial charge in [-0.1, -0.05) is 0 Å². The summed E-state index contributed by atoms with van der Waals surface area (Å²) in [6.45, 7) is 0.301. The van der Waals surface area contributed by atoms with Crippen LogP contribution in [0.25, 0.3) is 4.83 Å². The predicted octanol–water partition coefficient (Wildman–Crippen LogP) is 0.445. The molecule has 2 rings (SSSR count). The summed E-state index contributed by atoms with van der Waals surface area (Å²) < 4.78 is 26.0. The smallest absolute Gasteiger partial charge is 0.209 e. The van der Waals surface area contributed by atoms with Gasteiger partial charge in [0.15, 0.2) is 0 Å². The molecule has 1 N–H and O–H groups in total. The molecular formula is C7H9N3O2S2. The molecule has 0 bridgehead atoms. The van der Waals surface area contributed by atoms with E-state index < -0.39 is 10.0 Å². The lowest BCUT2D eigenvalue weighted by Crippen LogP contribution is -2.21. The number of fused-ring (bicyclic) bond motifs is 1. The van der Waals surface area contributed by atoms with Gasteiger partial charge in [-0.25, -0.2) is 18.1 Å². The molecule has 0 atom stereocenters. The molecule has 0 aliphatic carbocycles. The van der Waals surface area contributed by atoms with Gasteiger partial charge in [-0.05, 0) is 0 Å². The van der Waals surface area contributed by atoms with E-state index in [1.54, 1.807) is 12.5 Å². The Morgan fingerprint density at radius 2 is 2.43 bits per heavy atom. The maximum Gasteiger partial charge on any atom is 0.209 e. The highest BCUT2D eigenvalue weighted by Crippen LogP contribution is 2.15. The summed E-state index contributed by atoms with van der Waals surface area (Å²) >= 11 is 1.54. The van der Waals surface area contributed by atoms with Crippen LogP contribution in [0, 0.1) is 0 Å². The third kappa shape index (κ3) is 1.94. The first-order valence-electron chi connectivity index (χ1n) is 3.89. The number of sulfonamides is 1. The van der Waals surface area contributed by atoms with Crippen molar-refractivity contribution in [1.82, 2.24) is 14.1 Å². The molecule has 76 valence electrons. The Bertz CT molecular complexity index is 540. The van der Waals surface area contributed by atoms with E-state index in [4.69, 9.17) is 0 Å². The summed E-state index contributed by atoms with van der Waals surface area (Å²) in [7, 11) is -3.13. The topological polar surface area (TPSA) is 63.5 Å². The van der Waals surface area contributed by atoms with Gasteiger partial charge in [0.1, 0.15) is 11.2 Å². The standard InChI is InChI=1S/C7H9N3O2S2/c1-14(11,12)9-2-6-4-13-7-3-8-5-10(6)7/h3-5,9H,2H2,1H3. The zero-order valence-electron chi connectivity index (χ0n) is 7.47. The Hall–Kier alpha value is -0.920. The van der Waals surface area contributed by atoms with Crippen LogP contribution >= 0.6 is 11.3 Å². The van der Waals surface area contributed by atoms with Gasteiger partial charge in [-0.15, -0.1) is 11.3 Å². The molecule has 0 spiro atoms. The van der Waals surface area contributed by atoms with Crippen molar-refractivity contribution in [2.45, 2.75) is 6.54 Å². The van der Waals surface area contributed by atoms with Crippen LogP contribution in [-0.2, 0) is 16.6 Å². The molecule has 0 saturated heterocycles. The van der Waals surface area contributed by atoms with Gasteiger partial charge in [-0.3, -0.25) is 4.40 Å². The van der Waals surface area contributed by atoms with Crippen molar-refractivity contribution < 1.29 is 8.42 Å². The van der Waals surface area contributed by atoms with Crippen molar-refractivity contribution in [3.8, 4) is 0 Å². The van der Waals surface area contributed by atoms with Crippen LogP contribution in [0.15, 0.2) is 17.9 Å². The number of hydrogen-bond donors (Lipinski definition) is 1. The summed E-state index contributed by atoms with van der Waals surface area (Å²) in [6, 6.07) is 0. The van der Waals surface area contributed by atoms with Gasteiger partial charge < -0.3 is 0 Å². The molecule has 14 heavy (non-hydrogen) atoms. The van der Waals surface area contributed by atoms with Crippen LogP contribution in [0.2, 0.25) is 0 Å². The molecule has 5 nitrogen and oxygen atoms in total. The molecule has 0 saturated carbocycles. The number of nitrogens with zero attached hydrogens (tertiary/aromatic N) is 2. The molecule has 2 aromatic heterocycles. The number of hydrogen-bond acceptors (Lipinski definition) is 4. The minimum Gasteiger partial charge on any atom is -0.293 e. The van der Waals surface area contributed by atoms with E-state index in [2.05, 4.69) is 9.71 Å². The van der Waals surface area contributed by atoms with E-state index in [1.165, 1.54) is 11.3 Å². The van der Waals surface area contributed by atoms with Crippen molar-refractivity contribution in [2.24, 2.45) is 0 Å². The lowest BCUT2D eigenvalue weighted by Gasteiger charge is -2.00. The van der Waals surface area contributed by atoms with E-state index >= 15 is 0 Å². The first-order valence-corrected chi connectivity index (χ1v) is 6.66. The zero-order chi connectivity index (χ0) is 10.2. The Balaban J connectivity index is 2.24. The Labute approximate surface area is 85.5 Å². The van der Waals surface area contributed by atoms with Gasteiger partial charge in [-0.2, -0.15) is 0 Å². The zero-order valence-corrected chi connectivity index (χ0v) is 9.10. The van der Waals surface area contributed by atoms with Crippen LogP contribution < -0.4 is 4.72 Å². The van der Waals surface area contributed by atoms with Crippen molar-refractivity contribution in [3.63, 3.8) is 0 Å². The maximum absolute atomic E-state index is 10.9. The lowest BCUT2D eigenvalue weighted by atomic mass is 10.5. The molecule has 2 heterocycles. The number of nitrogens with one attached hydrogen (secondary N) is 1. The molecule has 0 radical (unpaired) electrons. The molecule has 0 aliphatic heterocycles. The van der Waals surface area contributed by atoms with E-state index in [1.807, 2.05) is 9.78 Å². The molecule has 0 unspecified atom stereocenters. The third-order valence-electron chi connectivity index (χ3n) is 1.75. The summed E-state index contributed by atoms with van der Waals surface area (Å²) in [5, 5.41) is 1.91. The minimum atomic E-state index is -3.13. The summed E-state index contributed by atoms with van der Waals surface area (Å²) in [4.78, 5) is 4.97. The fourth-order valence-electron chi connectivity index (χ4n) is 1.10. The summed E-state index contributed by atoms with van der Waals surface area (Å²) in [5.74, 6) is 0. The van der Waals surface area contributed by atoms with Gasteiger partial charge >= 0.3 is 0 Å². The minimum absolute atomic E-state index is 0.301. The molecule has 0 aromatic carbocycles.